The predicted octanol–water partition coefficient (Wildman–Crippen LogP) is 3.90. The molecular weight excluding hydrogens is 370 g/mol. The zero-order chi connectivity index (χ0) is 20.0. The lowest BCUT2D eigenvalue weighted by atomic mass is 10.1. The van der Waals surface area contributed by atoms with E-state index < -0.39 is 24.3 Å². The van der Waals surface area contributed by atoms with E-state index in [0.29, 0.717) is 21.8 Å². The summed E-state index contributed by atoms with van der Waals surface area (Å²) in [4.78, 5) is 39.0. The van der Waals surface area contributed by atoms with E-state index in [-0.39, 0.29) is 12.3 Å². The lowest BCUT2D eigenvalue weighted by Gasteiger charge is -2.03. The number of aromatic nitrogens is 1. The van der Waals surface area contributed by atoms with E-state index in [2.05, 4.69) is 4.98 Å². The molecule has 0 unspecified atom stereocenters. The lowest BCUT2D eigenvalue weighted by molar-refractivity contribution is -0.136. The van der Waals surface area contributed by atoms with Crippen molar-refractivity contribution >= 4 is 35.4 Å². The molecule has 1 heterocycles. The second-order valence-electron chi connectivity index (χ2n) is 5.76. The quantitative estimate of drug-likeness (QED) is 0.441. The summed E-state index contributed by atoms with van der Waals surface area (Å²) >= 11 is 5.79. The molecule has 0 fully saturated rings. The molecule has 0 aliphatic rings. The smallest absolute Gasteiger partial charge is 0.340 e. The van der Waals surface area contributed by atoms with E-state index in [4.69, 9.17) is 21.1 Å². The highest BCUT2D eigenvalue weighted by Gasteiger charge is 2.23. The number of nitrogens with one attached hydrogen (secondary N) is 1. The second kappa shape index (κ2) is 9.19. The number of rotatable bonds is 7. The third kappa shape index (κ3) is 5.31. The molecule has 2 rings (SSSR count). The van der Waals surface area contributed by atoms with Gasteiger partial charge in [-0.3, -0.25) is 4.79 Å². The zero-order valence-electron chi connectivity index (χ0n) is 15.3. The first-order chi connectivity index (χ1) is 12.8. The van der Waals surface area contributed by atoms with Gasteiger partial charge >= 0.3 is 11.9 Å². The molecule has 27 heavy (non-hydrogen) atoms. The topological polar surface area (TPSA) is 85.5 Å². The van der Waals surface area contributed by atoms with E-state index in [1.54, 1.807) is 51.1 Å². The maximum absolute atomic E-state index is 12.3. The number of ether oxygens (including phenoxy) is 2. The number of halogens is 1. The van der Waals surface area contributed by atoms with Gasteiger partial charge in [0.05, 0.1) is 17.9 Å². The molecule has 0 atom stereocenters. The maximum atomic E-state index is 12.3. The van der Waals surface area contributed by atoms with Crippen LogP contribution in [0.1, 0.15) is 44.6 Å². The van der Waals surface area contributed by atoms with Crippen LogP contribution in [0.3, 0.4) is 0 Å². The Labute approximate surface area is 162 Å². The van der Waals surface area contributed by atoms with Crippen LogP contribution in [-0.2, 0) is 14.3 Å². The highest BCUT2D eigenvalue weighted by atomic mass is 35.5. The van der Waals surface area contributed by atoms with Crippen molar-refractivity contribution in [2.24, 2.45) is 0 Å². The number of H-pyrrole nitrogens is 1. The number of ketones is 1. The Morgan fingerprint density at radius 3 is 2.41 bits per heavy atom. The van der Waals surface area contributed by atoms with Crippen molar-refractivity contribution in [3.05, 3.63) is 63.4 Å². The van der Waals surface area contributed by atoms with Gasteiger partial charge in [0.15, 0.2) is 6.61 Å². The number of hydrogen-bond donors (Lipinski definition) is 1. The highest BCUT2D eigenvalue weighted by Crippen LogP contribution is 2.19. The molecule has 1 aromatic carbocycles. The van der Waals surface area contributed by atoms with Crippen molar-refractivity contribution in [3.63, 3.8) is 0 Å². The Balaban J connectivity index is 1.99. The maximum Gasteiger partial charge on any atom is 0.340 e. The number of Topliss-reactive ketones (excluding diaryl/α,β-unsaturated/α-hetero) is 1. The molecule has 0 saturated heterocycles. The van der Waals surface area contributed by atoms with Crippen LogP contribution in [-0.4, -0.2) is 35.9 Å². The van der Waals surface area contributed by atoms with Crippen LogP contribution in [0.4, 0.5) is 0 Å². The zero-order valence-corrected chi connectivity index (χ0v) is 16.1. The standard InChI is InChI=1S/C20H20ClNO5/c1-4-26-20(25)18-12(2)19(22-13(18)3)16(23)11-27-17(24)10-7-14-5-8-15(21)9-6-14/h5-10,22H,4,11H2,1-3H3/b10-7+. The largest absolute Gasteiger partial charge is 0.462 e. The number of hydrogen-bond acceptors (Lipinski definition) is 5. The fourth-order valence-corrected chi connectivity index (χ4v) is 2.66. The molecule has 0 saturated carbocycles. The summed E-state index contributed by atoms with van der Waals surface area (Å²) in [7, 11) is 0. The van der Waals surface area contributed by atoms with Gasteiger partial charge in [0.2, 0.25) is 5.78 Å². The molecule has 1 N–H and O–H groups in total. The van der Waals surface area contributed by atoms with E-state index in [1.807, 2.05) is 0 Å². The van der Waals surface area contributed by atoms with E-state index >= 15 is 0 Å². The number of benzene rings is 1. The number of carbonyl (C=O) groups excluding carboxylic acids is 3. The summed E-state index contributed by atoms with van der Waals surface area (Å²) in [6.45, 7) is 4.83. The van der Waals surface area contributed by atoms with Crippen LogP contribution in [0.2, 0.25) is 5.02 Å². The van der Waals surface area contributed by atoms with Gasteiger partial charge in [0, 0.05) is 16.8 Å². The van der Waals surface area contributed by atoms with Gasteiger partial charge < -0.3 is 14.5 Å². The molecule has 1 aromatic heterocycles. The summed E-state index contributed by atoms with van der Waals surface area (Å²) in [6, 6.07) is 6.90. The van der Waals surface area contributed by atoms with Gasteiger partial charge in [-0.05, 0) is 50.1 Å². The van der Waals surface area contributed by atoms with Gasteiger partial charge in [-0.15, -0.1) is 0 Å². The lowest BCUT2D eigenvalue weighted by Crippen LogP contribution is -2.14. The van der Waals surface area contributed by atoms with E-state index in [1.165, 1.54) is 6.08 Å². The first-order valence-corrected chi connectivity index (χ1v) is 8.71. The number of aromatic amines is 1. The van der Waals surface area contributed by atoms with Crippen LogP contribution in [0.5, 0.6) is 0 Å². The van der Waals surface area contributed by atoms with E-state index in [9.17, 15) is 14.4 Å². The molecule has 0 spiro atoms. The minimum atomic E-state index is -0.648. The van der Waals surface area contributed by atoms with Crippen molar-refractivity contribution in [3.8, 4) is 0 Å². The van der Waals surface area contributed by atoms with Gasteiger partial charge in [0.1, 0.15) is 0 Å². The molecule has 0 radical (unpaired) electrons. The Kier molecular flexibility index (Phi) is 6.96. The normalized spacial score (nSPS) is 10.8. The van der Waals surface area contributed by atoms with Crippen molar-refractivity contribution in [2.45, 2.75) is 20.8 Å². The van der Waals surface area contributed by atoms with Crippen LogP contribution in [0.15, 0.2) is 30.3 Å². The van der Waals surface area contributed by atoms with Crippen molar-refractivity contribution in [2.75, 3.05) is 13.2 Å². The summed E-state index contributed by atoms with van der Waals surface area (Å²) in [5, 5.41) is 0.596. The minimum absolute atomic E-state index is 0.227. The Hall–Kier alpha value is -2.86. The van der Waals surface area contributed by atoms with Crippen LogP contribution in [0.25, 0.3) is 6.08 Å². The Bertz CT molecular complexity index is 881. The summed E-state index contributed by atoms with van der Waals surface area (Å²) in [5.41, 5.74) is 2.34. The third-order valence-corrected chi connectivity index (χ3v) is 4.08. The summed E-state index contributed by atoms with van der Waals surface area (Å²) in [5.74, 6) is -1.57. The molecule has 2 aromatic rings. The molecular formula is C20H20ClNO5. The summed E-state index contributed by atoms with van der Waals surface area (Å²) < 4.78 is 9.97. The average molecular weight is 390 g/mol. The molecule has 142 valence electrons. The van der Waals surface area contributed by atoms with Gasteiger partial charge in [-0.1, -0.05) is 23.7 Å². The first-order valence-electron chi connectivity index (χ1n) is 8.33. The molecule has 7 heteroatoms. The molecule has 0 amide bonds. The Morgan fingerprint density at radius 2 is 1.78 bits per heavy atom. The van der Waals surface area contributed by atoms with Crippen molar-refractivity contribution < 1.29 is 23.9 Å². The summed E-state index contributed by atoms with van der Waals surface area (Å²) in [6.07, 6.45) is 2.79. The van der Waals surface area contributed by atoms with E-state index in [0.717, 1.165) is 5.56 Å². The SMILES string of the molecule is CCOC(=O)c1c(C)[nH]c(C(=O)COC(=O)/C=C/c2ccc(Cl)cc2)c1C. The fraction of sp³-hybridized carbons (Fsp3) is 0.250. The first kappa shape index (κ1) is 20.5. The van der Waals surface area contributed by atoms with Gasteiger partial charge in [0.25, 0.3) is 0 Å². The molecule has 0 aliphatic carbocycles. The number of carbonyl (C=O) groups is 3. The van der Waals surface area contributed by atoms with Gasteiger partial charge in [-0.25, -0.2) is 9.59 Å². The van der Waals surface area contributed by atoms with Crippen molar-refractivity contribution in [1.29, 1.82) is 0 Å². The van der Waals surface area contributed by atoms with Crippen LogP contribution in [0, 0.1) is 13.8 Å². The molecule has 6 nitrogen and oxygen atoms in total. The third-order valence-electron chi connectivity index (χ3n) is 3.82. The highest BCUT2D eigenvalue weighted by molar-refractivity contribution is 6.30. The average Bonchev–Trinajstić information content (AvgIpc) is 2.93. The number of aryl methyl sites for hydroxylation is 1. The van der Waals surface area contributed by atoms with Gasteiger partial charge in [-0.2, -0.15) is 0 Å². The monoisotopic (exact) mass is 389 g/mol. The van der Waals surface area contributed by atoms with Crippen molar-refractivity contribution in [1.82, 2.24) is 4.98 Å². The molecule has 0 bridgehead atoms. The minimum Gasteiger partial charge on any atom is -0.462 e. The Morgan fingerprint density at radius 1 is 1.11 bits per heavy atom. The van der Waals surface area contributed by atoms with Crippen LogP contribution < -0.4 is 0 Å². The number of esters is 2. The fourth-order valence-electron chi connectivity index (χ4n) is 2.53. The predicted molar refractivity (Wildman–Crippen MR) is 102 cm³/mol. The second-order valence-corrected chi connectivity index (χ2v) is 6.20. The van der Waals surface area contributed by atoms with Crippen LogP contribution >= 0.6 is 11.6 Å². The molecule has 0 aliphatic heterocycles.